The molecule has 1 N–H and O–H groups in total. The number of carbonyl (C=O) groups is 3. The fourth-order valence-corrected chi connectivity index (χ4v) is 2.41. The van der Waals surface area contributed by atoms with Crippen molar-refractivity contribution in [3.05, 3.63) is 35.9 Å². The van der Waals surface area contributed by atoms with Crippen molar-refractivity contribution in [1.29, 1.82) is 0 Å². The summed E-state index contributed by atoms with van der Waals surface area (Å²) in [6, 6.07) is 8.44. The Hall–Kier alpha value is -2.57. The Labute approximate surface area is 167 Å². The van der Waals surface area contributed by atoms with Gasteiger partial charge < -0.3 is 19.7 Å². The molecule has 0 spiro atoms. The largest absolute Gasteiger partial charge is 0.459 e. The normalized spacial score (nSPS) is 12.7. The van der Waals surface area contributed by atoms with Gasteiger partial charge in [0.25, 0.3) is 0 Å². The van der Waals surface area contributed by atoms with Crippen LogP contribution < -0.4 is 5.32 Å². The van der Waals surface area contributed by atoms with Gasteiger partial charge in [-0.1, -0.05) is 30.3 Å². The van der Waals surface area contributed by atoms with Gasteiger partial charge in [-0.25, -0.2) is 4.79 Å². The van der Waals surface area contributed by atoms with Gasteiger partial charge in [0.15, 0.2) is 0 Å². The van der Waals surface area contributed by atoms with E-state index in [-0.39, 0.29) is 13.0 Å². The van der Waals surface area contributed by atoms with E-state index < -0.39 is 35.2 Å². The number of amides is 2. The van der Waals surface area contributed by atoms with Crippen LogP contribution in [0.25, 0.3) is 0 Å². The van der Waals surface area contributed by atoms with E-state index in [1.807, 2.05) is 30.3 Å². The zero-order valence-corrected chi connectivity index (χ0v) is 17.9. The standard InChI is InChI=1S/C21H32N2O5/c1-20(2,3)27-17(24)14-23(7)18(25)16(13-15-11-9-8-10-12-15)22-19(26)28-21(4,5)6/h8-12,16H,13-14H2,1-7H3,(H,22,26)/t16-/m0/s1. The maximum Gasteiger partial charge on any atom is 0.408 e. The smallest absolute Gasteiger partial charge is 0.408 e. The Morgan fingerprint density at radius 1 is 0.964 bits per heavy atom. The Morgan fingerprint density at radius 2 is 1.50 bits per heavy atom. The fourth-order valence-electron chi connectivity index (χ4n) is 2.41. The van der Waals surface area contributed by atoms with E-state index >= 15 is 0 Å². The summed E-state index contributed by atoms with van der Waals surface area (Å²) >= 11 is 0. The second kappa shape index (κ2) is 9.57. The molecule has 0 unspecified atom stereocenters. The second-order valence-electron chi connectivity index (χ2n) is 8.67. The molecular weight excluding hydrogens is 360 g/mol. The number of hydrogen-bond acceptors (Lipinski definition) is 5. The number of rotatable bonds is 6. The van der Waals surface area contributed by atoms with Gasteiger partial charge in [-0.05, 0) is 47.1 Å². The molecule has 0 aliphatic rings. The number of nitrogens with zero attached hydrogens (tertiary/aromatic N) is 1. The molecule has 0 radical (unpaired) electrons. The maximum absolute atomic E-state index is 12.9. The number of alkyl carbamates (subject to hydrolysis) is 1. The van der Waals surface area contributed by atoms with Gasteiger partial charge >= 0.3 is 12.1 Å². The maximum atomic E-state index is 12.9. The minimum Gasteiger partial charge on any atom is -0.459 e. The first kappa shape index (κ1) is 23.5. The predicted octanol–water partition coefficient (Wildman–Crippen LogP) is 2.92. The van der Waals surface area contributed by atoms with Gasteiger partial charge in [0.1, 0.15) is 23.8 Å². The molecule has 0 aliphatic heterocycles. The zero-order chi connectivity index (χ0) is 21.5. The highest BCUT2D eigenvalue weighted by Gasteiger charge is 2.28. The summed E-state index contributed by atoms with van der Waals surface area (Å²) in [5.74, 6) is -0.917. The van der Waals surface area contributed by atoms with E-state index in [9.17, 15) is 14.4 Å². The van der Waals surface area contributed by atoms with Crippen molar-refractivity contribution in [2.24, 2.45) is 0 Å². The predicted molar refractivity (Wildman–Crippen MR) is 107 cm³/mol. The van der Waals surface area contributed by atoms with Crippen LogP contribution >= 0.6 is 0 Å². The summed E-state index contributed by atoms with van der Waals surface area (Å²) in [6.45, 7) is 10.3. The lowest BCUT2D eigenvalue weighted by atomic mass is 10.0. The quantitative estimate of drug-likeness (QED) is 0.753. The first-order valence-electron chi connectivity index (χ1n) is 9.27. The summed E-state index contributed by atoms with van der Waals surface area (Å²) in [5.41, 5.74) is -0.450. The minimum absolute atomic E-state index is 0.211. The van der Waals surface area contributed by atoms with E-state index in [1.165, 1.54) is 11.9 Å². The second-order valence-corrected chi connectivity index (χ2v) is 8.67. The lowest BCUT2D eigenvalue weighted by Gasteiger charge is -2.27. The molecular formula is C21H32N2O5. The monoisotopic (exact) mass is 392 g/mol. The number of benzene rings is 1. The topological polar surface area (TPSA) is 84.9 Å². The van der Waals surface area contributed by atoms with Crippen LogP contribution in [0.4, 0.5) is 4.79 Å². The molecule has 7 nitrogen and oxygen atoms in total. The molecule has 0 bridgehead atoms. The molecule has 7 heteroatoms. The number of likely N-dealkylation sites (N-methyl/N-ethyl adjacent to an activating group) is 1. The van der Waals surface area contributed by atoms with Crippen molar-refractivity contribution in [1.82, 2.24) is 10.2 Å². The Bertz CT molecular complexity index is 674. The highest BCUT2D eigenvalue weighted by atomic mass is 16.6. The van der Waals surface area contributed by atoms with Crippen LogP contribution in [0.3, 0.4) is 0 Å². The third-order valence-corrected chi connectivity index (χ3v) is 3.43. The number of ether oxygens (including phenoxy) is 2. The van der Waals surface area contributed by atoms with Crippen LogP contribution in [0.1, 0.15) is 47.1 Å². The summed E-state index contributed by atoms with van der Waals surface area (Å²) in [5, 5.41) is 2.62. The molecule has 1 rings (SSSR count). The molecule has 0 saturated heterocycles. The van der Waals surface area contributed by atoms with Crippen LogP contribution in [0.2, 0.25) is 0 Å². The Morgan fingerprint density at radius 3 is 2.00 bits per heavy atom. The molecule has 2 amide bonds. The molecule has 0 heterocycles. The first-order valence-corrected chi connectivity index (χ1v) is 9.27. The van der Waals surface area contributed by atoms with Crippen molar-refractivity contribution < 1.29 is 23.9 Å². The lowest BCUT2D eigenvalue weighted by Crippen LogP contribution is -2.51. The number of esters is 1. The van der Waals surface area contributed by atoms with Crippen molar-refractivity contribution in [3.8, 4) is 0 Å². The number of carbonyl (C=O) groups excluding carboxylic acids is 3. The minimum atomic E-state index is -0.871. The van der Waals surface area contributed by atoms with E-state index in [0.717, 1.165) is 5.56 Å². The highest BCUT2D eigenvalue weighted by Crippen LogP contribution is 2.11. The molecule has 1 aromatic carbocycles. The van der Waals surface area contributed by atoms with Crippen LogP contribution in [0.15, 0.2) is 30.3 Å². The highest BCUT2D eigenvalue weighted by molar-refractivity contribution is 5.88. The van der Waals surface area contributed by atoms with Gasteiger partial charge in [-0.15, -0.1) is 0 Å². The molecule has 1 aromatic rings. The van der Waals surface area contributed by atoms with Crippen LogP contribution in [0.5, 0.6) is 0 Å². The fraction of sp³-hybridized carbons (Fsp3) is 0.571. The average molecular weight is 392 g/mol. The zero-order valence-electron chi connectivity index (χ0n) is 17.9. The molecule has 0 fully saturated rings. The molecule has 0 saturated carbocycles. The number of nitrogens with one attached hydrogen (secondary N) is 1. The molecule has 1 atom stereocenters. The summed E-state index contributed by atoms with van der Waals surface area (Å²) in [6.07, 6.45) is -0.412. The molecule has 0 aromatic heterocycles. The van der Waals surface area contributed by atoms with Crippen LogP contribution in [-0.2, 0) is 25.5 Å². The van der Waals surface area contributed by atoms with Gasteiger partial charge in [-0.2, -0.15) is 0 Å². The molecule has 0 aliphatic carbocycles. The molecule has 156 valence electrons. The van der Waals surface area contributed by atoms with Crippen molar-refractivity contribution >= 4 is 18.0 Å². The van der Waals surface area contributed by atoms with Crippen LogP contribution in [-0.4, -0.2) is 53.7 Å². The number of hydrogen-bond donors (Lipinski definition) is 1. The Kier molecular flexibility index (Phi) is 8.02. The van der Waals surface area contributed by atoms with Crippen molar-refractivity contribution in [3.63, 3.8) is 0 Å². The lowest BCUT2D eigenvalue weighted by molar-refractivity contribution is -0.158. The van der Waals surface area contributed by atoms with Gasteiger partial charge in [0.2, 0.25) is 5.91 Å². The summed E-state index contributed by atoms with van der Waals surface area (Å²) in [7, 11) is 1.50. The van der Waals surface area contributed by atoms with E-state index in [0.29, 0.717) is 0 Å². The molecule has 28 heavy (non-hydrogen) atoms. The average Bonchev–Trinajstić information content (AvgIpc) is 2.50. The van der Waals surface area contributed by atoms with Gasteiger partial charge in [0.05, 0.1) is 0 Å². The summed E-state index contributed by atoms with van der Waals surface area (Å²) < 4.78 is 10.5. The third kappa shape index (κ3) is 9.39. The third-order valence-electron chi connectivity index (χ3n) is 3.43. The Balaban J connectivity index is 2.88. The van der Waals surface area contributed by atoms with E-state index in [1.54, 1.807) is 41.5 Å². The SMILES string of the molecule is CN(CC(=O)OC(C)(C)C)C(=O)[C@H](Cc1ccccc1)NC(=O)OC(C)(C)C. The van der Waals surface area contributed by atoms with Crippen molar-refractivity contribution in [2.45, 2.75) is 65.2 Å². The van der Waals surface area contributed by atoms with E-state index in [4.69, 9.17) is 9.47 Å². The van der Waals surface area contributed by atoms with Crippen molar-refractivity contribution in [2.75, 3.05) is 13.6 Å². The van der Waals surface area contributed by atoms with Gasteiger partial charge in [0, 0.05) is 13.5 Å². The summed E-state index contributed by atoms with van der Waals surface area (Å²) in [4.78, 5) is 38.4. The first-order chi connectivity index (χ1) is 12.8. The van der Waals surface area contributed by atoms with Crippen LogP contribution in [0, 0.1) is 0 Å². The van der Waals surface area contributed by atoms with Gasteiger partial charge in [-0.3, -0.25) is 9.59 Å². The van der Waals surface area contributed by atoms with E-state index in [2.05, 4.69) is 5.32 Å².